The summed E-state index contributed by atoms with van der Waals surface area (Å²) < 4.78 is 45.3. The lowest BCUT2D eigenvalue weighted by Crippen LogP contribution is -2.52. The molecule has 0 spiro atoms. The number of methoxy groups -OCH3 is 1. The molecule has 1 atom stereocenters. The molecular formula is C27H31F2N3O7. The van der Waals surface area contributed by atoms with Gasteiger partial charge in [0.05, 0.1) is 19.8 Å². The second-order valence-corrected chi connectivity index (χ2v) is 8.94. The number of hydrogen-bond donors (Lipinski definition) is 2. The van der Waals surface area contributed by atoms with Gasteiger partial charge in [-0.25, -0.2) is 0 Å². The zero-order valence-electron chi connectivity index (χ0n) is 21.6. The van der Waals surface area contributed by atoms with E-state index in [1.165, 1.54) is 23.1 Å². The highest BCUT2D eigenvalue weighted by Gasteiger charge is 2.42. The Morgan fingerprint density at radius 3 is 2.69 bits per heavy atom. The Kier molecular flexibility index (Phi) is 10.1. The number of carbonyl (C=O) groups is 4. The van der Waals surface area contributed by atoms with Crippen molar-refractivity contribution in [1.82, 2.24) is 15.5 Å². The Morgan fingerprint density at radius 1 is 1.23 bits per heavy atom. The monoisotopic (exact) mass is 547 g/mol. The molecule has 2 fully saturated rings. The highest BCUT2D eigenvalue weighted by Crippen LogP contribution is 2.31. The molecule has 0 radical (unpaired) electrons. The highest BCUT2D eigenvalue weighted by atomic mass is 19.3. The number of nitrogens with one attached hydrogen (secondary N) is 2. The fourth-order valence-electron chi connectivity index (χ4n) is 4.00. The van der Waals surface area contributed by atoms with Crippen LogP contribution >= 0.6 is 0 Å². The lowest BCUT2D eigenvalue weighted by molar-refractivity contribution is -0.146. The molecule has 0 saturated carbocycles. The Labute approximate surface area is 224 Å². The number of hydrogen-bond acceptors (Lipinski definition) is 7. The van der Waals surface area contributed by atoms with Gasteiger partial charge in [-0.05, 0) is 29.7 Å². The van der Waals surface area contributed by atoms with Crippen molar-refractivity contribution in [2.24, 2.45) is 0 Å². The van der Waals surface area contributed by atoms with Crippen molar-refractivity contribution in [3.05, 3.63) is 65.8 Å². The number of piperidine rings is 1. The molecular weight excluding hydrogens is 516 g/mol. The van der Waals surface area contributed by atoms with Crippen molar-refractivity contribution in [1.29, 1.82) is 0 Å². The first-order valence-corrected chi connectivity index (χ1v) is 12.2. The van der Waals surface area contributed by atoms with Crippen LogP contribution in [-0.4, -0.2) is 81.2 Å². The van der Waals surface area contributed by atoms with Gasteiger partial charge in [0.25, 0.3) is 11.8 Å². The standard InChI is InChI=1S/C27H31F2N3O7/c1-17(13-19-16-32(25(35)18(19)2)22-7-8-23(33)31-24(22)34)15-30-26(36)27(28,29)20-5-4-6-21(14-20)39-12-11-38-10-9-37-3/h4-6,13-14,22H,1-2,7-12,15-16H2,3H3,(H,30,36)(H,31,33,34)/b19-13-. The molecule has 2 heterocycles. The van der Waals surface area contributed by atoms with Crippen LogP contribution in [0.1, 0.15) is 18.4 Å². The second-order valence-electron chi connectivity index (χ2n) is 8.94. The van der Waals surface area contributed by atoms with Crippen LogP contribution < -0.4 is 15.4 Å². The molecule has 1 unspecified atom stereocenters. The lowest BCUT2D eigenvalue weighted by Gasteiger charge is -2.28. The molecule has 2 aliphatic rings. The summed E-state index contributed by atoms with van der Waals surface area (Å²) >= 11 is 0. The van der Waals surface area contributed by atoms with Crippen LogP contribution in [-0.2, 0) is 34.6 Å². The molecule has 210 valence electrons. The first-order valence-electron chi connectivity index (χ1n) is 12.2. The van der Waals surface area contributed by atoms with E-state index in [0.29, 0.717) is 18.8 Å². The molecule has 12 heteroatoms. The van der Waals surface area contributed by atoms with E-state index in [1.54, 1.807) is 7.11 Å². The predicted molar refractivity (Wildman–Crippen MR) is 136 cm³/mol. The largest absolute Gasteiger partial charge is 0.491 e. The summed E-state index contributed by atoms with van der Waals surface area (Å²) in [5, 5.41) is 4.37. The highest BCUT2D eigenvalue weighted by molar-refractivity contribution is 6.06. The molecule has 0 aromatic heterocycles. The fourth-order valence-corrected chi connectivity index (χ4v) is 4.00. The smallest absolute Gasteiger partial charge is 0.349 e. The van der Waals surface area contributed by atoms with Crippen molar-refractivity contribution in [2.75, 3.05) is 46.6 Å². The summed E-state index contributed by atoms with van der Waals surface area (Å²) in [6.07, 6.45) is 1.77. The third-order valence-corrected chi connectivity index (χ3v) is 6.10. The summed E-state index contributed by atoms with van der Waals surface area (Å²) in [5.41, 5.74) is 0.264. The number of nitrogens with zero attached hydrogens (tertiary/aromatic N) is 1. The molecule has 1 aromatic carbocycles. The summed E-state index contributed by atoms with van der Waals surface area (Å²) in [4.78, 5) is 49.9. The van der Waals surface area contributed by atoms with Crippen LogP contribution in [0.4, 0.5) is 8.78 Å². The van der Waals surface area contributed by atoms with Crippen LogP contribution in [0.5, 0.6) is 5.75 Å². The summed E-state index contributed by atoms with van der Waals surface area (Å²) in [7, 11) is 1.54. The van der Waals surface area contributed by atoms with Gasteiger partial charge in [0.15, 0.2) is 0 Å². The number of imide groups is 1. The zero-order chi connectivity index (χ0) is 28.6. The summed E-state index contributed by atoms with van der Waals surface area (Å²) in [5.74, 6) is -6.66. The zero-order valence-corrected chi connectivity index (χ0v) is 21.6. The maximum Gasteiger partial charge on any atom is 0.349 e. The molecule has 0 bridgehead atoms. The second kappa shape index (κ2) is 13.3. The SMILES string of the molecule is C=C(/C=C1/CN(C2CCC(=O)NC2=O)C(=O)C1=C)CNC(=O)C(F)(F)c1cccc(OCCOCCOC)c1. The molecule has 1 aromatic rings. The van der Waals surface area contributed by atoms with E-state index >= 15 is 0 Å². The van der Waals surface area contributed by atoms with E-state index in [9.17, 15) is 28.0 Å². The molecule has 0 aliphatic carbocycles. The number of rotatable bonds is 13. The Bertz CT molecular complexity index is 1180. The van der Waals surface area contributed by atoms with E-state index in [-0.39, 0.29) is 56.0 Å². The molecule has 2 N–H and O–H groups in total. The maximum atomic E-state index is 14.9. The number of amides is 4. The Hall–Kier alpha value is -3.90. The van der Waals surface area contributed by atoms with E-state index in [1.807, 2.05) is 0 Å². The van der Waals surface area contributed by atoms with E-state index in [4.69, 9.17) is 14.2 Å². The Morgan fingerprint density at radius 2 is 1.97 bits per heavy atom. The maximum absolute atomic E-state index is 14.9. The third-order valence-electron chi connectivity index (χ3n) is 6.10. The van der Waals surface area contributed by atoms with Crippen molar-refractivity contribution >= 4 is 23.6 Å². The average molecular weight is 548 g/mol. The van der Waals surface area contributed by atoms with Gasteiger partial charge in [0, 0.05) is 37.8 Å². The van der Waals surface area contributed by atoms with Gasteiger partial charge in [-0.15, -0.1) is 0 Å². The molecule has 4 amide bonds. The first kappa shape index (κ1) is 29.7. The lowest BCUT2D eigenvalue weighted by atomic mass is 10.0. The number of ether oxygens (including phenoxy) is 3. The van der Waals surface area contributed by atoms with E-state index in [2.05, 4.69) is 23.8 Å². The van der Waals surface area contributed by atoms with Crippen LogP contribution in [0.15, 0.2) is 60.2 Å². The van der Waals surface area contributed by atoms with Crippen LogP contribution in [0.2, 0.25) is 0 Å². The fraction of sp³-hybridized carbons (Fsp3) is 0.407. The molecule has 2 aliphatic heterocycles. The van der Waals surface area contributed by atoms with Crippen molar-refractivity contribution < 1.29 is 42.2 Å². The molecule has 10 nitrogen and oxygen atoms in total. The van der Waals surface area contributed by atoms with Crippen LogP contribution in [0.25, 0.3) is 0 Å². The average Bonchev–Trinajstić information content (AvgIpc) is 3.17. The van der Waals surface area contributed by atoms with Crippen molar-refractivity contribution in [3.63, 3.8) is 0 Å². The first-order chi connectivity index (χ1) is 18.5. The normalized spacial score (nSPS) is 18.9. The topological polar surface area (TPSA) is 123 Å². The van der Waals surface area contributed by atoms with E-state index in [0.717, 1.165) is 12.1 Å². The number of benzene rings is 1. The van der Waals surface area contributed by atoms with Crippen molar-refractivity contribution in [3.8, 4) is 5.75 Å². The van der Waals surface area contributed by atoms with Crippen LogP contribution in [0.3, 0.4) is 0 Å². The number of halogens is 2. The molecule has 39 heavy (non-hydrogen) atoms. The van der Waals surface area contributed by atoms with Gasteiger partial charge in [-0.2, -0.15) is 8.78 Å². The minimum atomic E-state index is -3.85. The Balaban J connectivity index is 1.55. The van der Waals surface area contributed by atoms with Gasteiger partial charge in [0.2, 0.25) is 11.8 Å². The molecule has 2 saturated heterocycles. The quantitative estimate of drug-likeness (QED) is 0.219. The van der Waals surface area contributed by atoms with Gasteiger partial charge < -0.3 is 24.4 Å². The summed E-state index contributed by atoms with van der Waals surface area (Å²) in [6, 6.07) is 4.25. The van der Waals surface area contributed by atoms with Crippen LogP contribution in [0, 0.1) is 0 Å². The van der Waals surface area contributed by atoms with E-state index < -0.39 is 41.2 Å². The minimum absolute atomic E-state index is 0.0390. The number of alkyl halides is 2. The number of carbonyl (C=O) groups excluding carboxylic acids is 4. The van der Waals surface area contributed by atoms with Crippen molar-refractivity contribution in [2.45, 2.75) is 24.8 Å². The van der Waals surface area contributed by atoms with Gasteiger partial charge in [-0.3, -0.25) is 24.5 Å². The van der Waals surface area contributed by atoms with Gasteiger partial charge in [-0.1, -0.05) is 31.4 Å². The minimum Gasteiger partial charge on any atom is -0.491 e. The van der Waals surface area contributed by atoms with Gasteiger partial charge in [0.1, 0.15) is 18.4 Å². The predicted octanol–water partition coefficient (Wildman–Crippen LogP) is 1.62. The molecule has 3 rings (SSSR count). The third kappa shape index (κ3) is 7.58. The number of likely N-dealkylation sites (tertiary alicyclic amines) is 1. The summed E-state index contributed by atoms with van der Waals surface area (Å²) in [6.45, 7) is 8.42. The van der Waals surface area contributed by atoms with Gasteiger partial charge >= 0.3 is 5.92 Å².